The summed E-state index contributed by atoms with van der Waals surface area (Å²) in [5, 5.41) is 0. The van der Waals surface area contributed by atoms with Crippen LogP contribution in [0.1, 0.15) is 36.3 Å². The van der Waals surface area contributed by atoms with E-state index in [0.717, 1.165) is 31.5 Å². The topological polar surface area (TPSA) is 29.5 Å². The summed E-state index contributed by atoms with van der Waals surface area (Å²) in [5.41, 5.74) is 2.41. The van der Waals surface area contributed by atoms with E-state index in [1.165, 1.54) is 25.5 Å². The second-order valence-corrected chi connectivity index (χ2v) is 6.75. The number of methoxy groups -OCH3 is 1. The zero-order valence-corrected chi connectivity index (χ0v) is 14.9. The van der Waals surface area contributed by atoms with Gasteiger partial charge in [0.1, 0.15) is 0 Å². The Hall–Kier alpha value is -2.13. The van der Waals surface area contributed by atoms with E-state index in [4.69, 9.17) is 4.74 Å². The number of carbonyl (C=O) groups is 1. The summed E-state index contributed by atoms with van der Waals surface area (Å²) in [6.07, 6.45) is 4.43. The first-order chi connectivity index (χ1) is 12.3. The molecule has 0 amide bonds. The fraction of sp³-hybridized carbons (Fsp3) is 0.409. The minimum atomic E-state index is -0.206. The maximum atomic E-state index is 12.6. The highest BCUT2D eigenvalue weighted by Gasteiger charge is 2.36. The molecule has 3 heteroatoms. The maximum Gasteiger partial charge on any atom is 0.314 e. The Morgan fingerprint density at radius 1 is 1.08 bits per heavy atom. The molecule has 1 heterocycles. The van der Waals surface area contributed by atoms with Gasteiger partial charge < -0.3 is 4.74 Å². The lowest BCUT2D eigenvalue weighted by molar-refractivity contribution is -0.144. The van der Waals surface area contributed by atoms with E-state index in [1.807, 2.05) is 30.3 Å². The fourth-order valence-electron chi connectivity index (χ4n) is 3.89. The number of rotatable bonds is 6. The van der Waals surface area contributed by atoms with Gasteiger partial charge in [-0.05, 0) is 36.9 Å². The van der Waals surface area contributed by atoms with Crippen LogP contribution in [-0.2, 0) is 16.0 Å². The molecule has 2 atom stereocenters. The first-order valence-corrected chi connectivity index (χ1v) is 9.20. The van der Waals surface area contributed by atoms with E-state index < -0.39 is 0 Å². The van der Waals surface area contributed by atoms with E-state index in [-0.39, 0.29) is 17.9 Å². The molecule has 0 N–H and O–H groups in total. The third-order valence-corrected chi connectivity index (χ3v) is 5.19. The van der Waals surface area contributed by atoms with Crippen LogP contribution in [0, 0.1) is 0 Å². The molecule has 1 aliphatic rings. The van der Waals surface area contributed by atoms with Gasteiger partial charge in [0, 0.05) is 12.6 Å². The summed E-state index contributed by atoms with van der Waals surface area (Å²) in [6, 6.07) is 20.9. The standard InChI is InChI=1S/C22H27NO2/c1-25-22(24)21(19-12-6-3-7-13-19)20-14-8-9-16-23(20)17-15-18-10-4-2-5-11-18/h2-7,10-13,20-21H,8-9,14-17H2,1H3/t20-,21-/m1/s1. The monoisotopic (exact) mass is 337 g/mol. The molecule has 2 aromatic carbocycles. The Morgan fingerprint density at radius 3 is 2.44 bits per heavy atom. The largest absolute Gasteiger partial charge is 0.469 e. The molecule has 1 saturated heterocycles. The number of hydrogen-bond acceptors (Lipinski definition) is 3. The number of carbonyl (C=O) groups excluding carboxylic acids is 1. The van der Waals surface area contributed by atoms with Crippen molar-refractivity contribution < 1.29 is 9.53 Å². The van der Waals surface area contributed by atoms with E-state index in [2.05, 4.69) is 35.2 Å². The number of nitrogens with zero attached hydrogens (tertiary/aromatic N) is 1. The van der Waals surface area contributed by atoms with Crippen LogP contribution in [0.4, 0.5) is 0 Å². The Kier molecular flexibility index (Phi) is 6.24. The Morgan fingerprint density at radius 2 is 1.76 bits per heavy atom. The highest BCUT2D eigenvalue weighted by Crippen LogP contribution is 2.31. The molecule has 132 valence electrons. The zero-order chi connectivity index (χ0) is 17.5. The smallest absolute Gasteiger partial charge is 0.314 e. The molecule has 2 aromatic rings. The number of piperidine rings is 1. The summed E-state index contributed by atoms with van der Waals surface area (Å²) in [6.45, 7) is 2.03. The molecule has 0 spiro atoms. The first kappa shape index (κ1) is 17.7. The van der Waals surface area contributed by atoms with Crippen molar-refractivity contribution in [1.82, 2.24) is 4.90 Å². The Bertz CT molecular complexity index is 656. The molecular formula is C22H27NO2. The van der Waals surface area contributed by atoms with Gasteiger partial charge in [0.15, 0.2) is 0 Å². The quantitative estimate of drug-likeness (QED) is 0.745. The summed E-state index contributed by atoms with van der Waals surface area (Å²) >= 11 is 0. The third kappa shape index (κ3) is 4.49. The maximum absolute atomic E-state index is 12.6. The summed E-state index contributed by atoms with van der Waals surface area (Å²) in [4.78, 5) is 15.1. The van der Waals surface area contributed by atoms with Crippen LogP contribution >= 0.6 is 0 Å². The number of ether oxygens (including phenoxy) is 1. The van der Waals surface area contributed by atoms with Crippen LogP contribution in [0.3, 0.4) is 0 Å². The molecule has 0 unspecified atom stereocenters. The molecule has 25 heavy (non-hydrogen) atoms. The molecule has 0 radical (unpaired) electrons. The predicted octanol–water partition coefficient (Wildman–Crippen LogP) is 4.04. The highest BCUT2D eigenvalue weighted by atomic mass is 16.5. The minimum Gasteiger partial charge on any atom is -0.469 e. The predicted molar refractivity (Wildman–Crippen MR) is 101 cm³/mol. The van der Waals surface area contributed by atoms with Gasteiger partial charge in [0.05, 0.1) is 13.0 Å². The molecule has 3 rings (SSSR count). The van der Waals surface area contributed by atoms with Gasteiger partial charge in [0.2, 0.25) is 0 Å². The van der Waals surface area contributed by atoms with Crippen molar-refractivity contribution in [3.05, 3.63) is 71.8 Å². The summed E-state index contributed by atoms with van der Waals surface area (Å²) < 4.78 is 5.17. The second-order valence-electron chi connectivity index (χ2n) is 6.75. The van der Waals surface area contributed by atoms with E-state index in [9.17, 15) is 4.79 Å². The van der Waals surface area contributed by atoms with Gasteiger partial charge in [0.25, 0.3) is 0 Å². The average Bonchev–Trinajstić information content (AvgIpc) is 2.69. The zero-order valence-electron chi connectivity index (χ0n) is 14.9. The molecule has 0 aromatic heterocycles. The van der Waals surface area contributed by atoms with Gasteiger partial charge in [-0.25, -0.2) is 0 Å². The van der Waals surface area contributed by atoms with E-state index in [0.29, 0.717) is 0 Å². The molecule has 3 nitrogen and oxygen atoms in total. The second kappa shape index (κ2) is 8.82. The minimum absolute atomic E-state index is 0.122. The Labute approximate surface area is 150 Å². The number of likely N-dealkylation sites (tertiary alicyclic amines) is 1. The van der Waals surface area contributed by atoms with Gasteiger partial charge in [-0.1, -0.05) is 67.1 Å². The third-order valence-electron chi connectivity index (χ3n) is 5.19. The fourth-order valence-corrected chi connectivity index (χ4v) is 3.89. The molecule has 0 bridgehead atoms. The van der Waals surface area contributed by atoms with E-state index >= 15 is 0 Å². The first-order valence-electron chi connectivity index (χ1n) is 9.20. The molecule has 1 fully saturated rings. The lowest BCUT2D eigenvalue weighted by Crippen LogP contribution is -2.46. The van der Waals surface area contributed by atoms with E-state index in [1.54, 1.807) is 0 Å². The van der Waals surface area contributed by atoms with Crippen LogP contribution in [0.25, 0.3) is 0 Å². The SMILES string of the molecule is COC(=O)[C@H](c1ccccc1)[C@H]1CCCCN1CCc1ccccc1. The van der Waals surface area contributed by atoms with Crippen molar-refractivity contribution >= 4 is 5.97 Å². The molecular weight excluding hydrogens is 310 g/mol. The van der Waals surface area contributed by atoms with Crippen molar-refractivity contribution in [3.63, 3.8) is 0 Å². The lowest BCUT2D eigenvalue weighted by atomic mass is 9.85. The van der Waals surface area contributed by atoms with Crippen molar-refractivity contribution in [3.8, 4) is 0 Å². The molecule has 1 aliphatic heterocycles. The van der Waals surface area contributed by atoms with Crippen LogP contribution in [0.2, 0.25) is 0 Å². The summed E-state index contributed by atoms with van der Waals surface area (Å²) in [7, 11) is 1.50. The van der Waals surface area contributed by atoms with Gasteiger partial charge in [-0.3, -0.25) is 9.69 Å². The number of hydrogen-bond donors (Lipinski definition) is 0. The van der Waals surface area contributed by atoms with Crippen LogP contribution in [0.5, 0.6) is 0 Å². The van der Waals surface area contributed by atoms with Crippen LogP contribution < -0.4 is 0 Å². The number of benzene rings is 2. The van der Waals surface area contributed by atoms with Crippen molar-refractivity contribution in [2.75, 3.05) is 20.2 Å². The number of esters is 1. The highest BCUT2D eigenvalue weighted by molar-refractivity contribution is 5.79. The van der Waals surface area contributed by atoms with Gasteiger partial charge in [-0.2, -0.15) is 0 Å². The van der Waals surface area contributed by atoms with Crippen molar-refractivity contribution in [1.29, 1.82) is 0 Å². The van der Waals surface area contributed by atoms with Crippen molar-refractivity contribution in [2.24, 2.45) is 0 Å². The summed E-state index contributed by atoms with van der Waals surface area (Å²) in [5.74, 6) is -0.329. The van der Waals surface area contributed by atoms with Gasteiger partial charge >= 0.3 is 5.97 Å². The molecule has 0 aliphatic carbocycles. The Balaban J connectivity index is 1.78. The molecule has 0 saturated carbocycles. The lowest BCUT2D eigenvalue weighted by Gasteiger charge is -2.39. The van der Waals surface area contributed by atoms with Gasteiger partial charge in [-0.15, -0.1) is 0 Å². The van der Waals surface area contributed by atoms with Crippen LogP contribution in [-0.4, -0.2) is 37.1 Å². The average molecular weight is 337 g/mol. The normalized spacial score (nSPS) is 19.3. The van der Waals surface area contributed by atoms with Crippen LogP contribution in [0.15, 0.2) is 60.7 Å². The van der Waals surface area contributed by atoms with Crippen molar-refractivity contribution in [2.45, 2.75) is 37.6 Å².